The number of nitrogens with one attached hydrogen (secondary N) is 2. The number of carbonyl (C=O) groups is 2. The van der Waals surface area contributed by atoms with Crippen molar-refractivity contribution < 1.29 is 9.59 Å². The minimum Gasteiger partial charge on any atom is -0.309 e. The minimum absolute atomic E-state index is 0.165. The molecule has 0 radical (unpaired) electrons. The Bertz CT molecular complexity index is 1370. The summed E-state index contributed by atoms with van der Waals surface area (Å²) in [4.78, 5) is 24.8. The molecular formula is C30H28Cl2N6O2. The maximum absolute atomic E-state index is 12.4. The van der Waals surface area contributed by atoms with Crippen molar-refractivity contribution in [3.8, 4) is 0 Å². The Kier molecular flexibility index (Phi) is 8.98. The number of rotatable bonds is 8. The van der Waals surface area contributed by atoms with E-state index in [-0.39, 0.29) is 36.5 Å². The first kappa shape index (κ1) is 27.7. The molecule has 1 aliphatic rings. The molecule has 1 fully saturated rings. The van der Waals surface area contributed by atoms with Crippen molar-refractivity contribution in [2.24, 2.45) is 0 Å². The van der Waals surface area contributed by atoms with E-state index in [1.54, 1.807) is 24.3 Å². The largest absolute Gasteiger partial charge is 0.309 e. The summed E-state index contributed by atoms with van der Waals surface area (Å²) in [6.45, 7) is 0. The standard InChI is InChI=1S/C30H28Cl2N6O2/c31-23-10-3-1-6-19(23)17-29(39)33-27-14-12-25(35-37-27)21-8-5-9-22(16-21)26-13-15-28(38-36-26)34-30(40)18-20-7-2-4-11-24(20)32/h1-4,6-7,10-15,21-22H,5,8-9,16-18H2,(H,33,37,39)(H,34,38,40). The van der Waals surface area contributed by atoms with E-state index in [2.05, 4.69) is 31.0 Å². The van der Waals surface area contributed by atoms with Crippen molar-refractivity contribution in [2.75, 3.05) is 10.6 Å². The van der Waals surface area contributed by atoms with Gasteiger partial charge in [0.2, 0.25) is 11.8 Å². The van der Waals surface area contributed by atoms with Crippen molar-refractivity contribution >= 4 is 46.7 Å². The molecule has 4 aromatic rings. The van der Waals surface area contributed by atoms with Crippen LogP contribution in [0.2, 0.25) is 10.0 Å². The molecule has 40 heavy (non-hydrogen) atoms. The van der Waals surface area contributed by atoms with Crippen LogP contribution < -0.4 is 10.6 Å². The summed E-state index contributed by atoms with van der Waals surface area (Å²) in [6, 6.07) is 22.0. The number of nitrogens with zero attached hydrogens (tertiary/aromatic N) is 4. The maximum atomic E-state index is 12.4. The molecule has 2 aromatic carbocycles. The lowest BCUT2D eigenvalue weighted by atomic mass is 9.78. The molecule has 0 saturated heterocycles. The van der Waals surface area contributed by atoms with E-state index in [9.17, 15) is 9.59 Å². The van der Waals surface area contributed by atoms with E-state index < -0.39 is 0 Å². The summed E-state index contributed by atoms with van der Waals surface area (Å²) >= 11 is 12.3. The van der Waals surface area contributed by atoms with Gasteiger partial charge in [0, 0.05) is 21.9 Å². The highest BCUT2D eigenvalue weighted by atomic mass is 35.5. The molecule has 2 N–H and O–H groups in total. The maximum Gasteiger partial charge on any atom is 0.230 e. The van der Waals surface area contributed by atoms with E-state index in [1.807, 2.05) is 48.5 Å². The molecular weight excluding hydrogens is 547 g/mol. The Labute approximate surface area is 242 Å². The SMILES string of the molecule is O=C(Cc1ccccc1Cl)Nc1ccc(C2CCCC(c3ccc(NC(=O)Cc4ccccc4Cl)nn3)C2)nn1. The second-order valence-corrected chi connectivity index (χ2v) is 10.7. The lowest BCUT2D eigenvalue weighted by Crippen LogP contribution is -2.18. The third-order valence-corrected chi connectivity index (χ3v) is 7.77. The Balaban J connectivity index is 1.15. The Hall–Kier alpha value is -3.88. The molecule has 2 unspecified atom stereocenters. The molecule has 0 bridgehead atoms. The zero-order chi connectivity index (χ0) is 27.9. The van der Waals surface area contributed by atoms with Gasteiger partial charge < -0.3 is 10.6 Å². The lowest BCUT2D eigenvalue weighted by molar-refractivity contribution is -0.116. The fourth-order valence-electron chi connectivity index (χ4n) is 4.98. The van der Waals surface area contributed by atoms with Gasteiger partial charge in [-0.15, -0.1) is 10.2 Å². The molecule has 8 nitrogen and oxygen atoms in total. The van der Waals surface area contributed by atoms with Crippen LogP contribution in [-0.2, 0) is 22.4 Å². The minimum atomic E-state index is -0.199. The molecule has 5 rings (SSSR count). The van der Waals surface area contributed by atoms with Crippen LogP contribution in [0.1, 0.15) is 60.0 Å². The number of anilines is 2. The van der Waals surface area contributed by atoms with Crippen LogP contribution in [0.4, 0.5) is 11.6 Å². The van der Waals surface area contributed by atoms with Gasteiger partial charge in [-0.1, -0.05) is 66.0 Å². The number of halogens is 2. The summed E-state index contributed by atoms with van der Waals surface area (Å²) in [6.07, 6.45) is 4.25. The topological polar surface area (TPSA) is 110 Å². The fourth-order valence-corrected chi connectivity index (χ4v) is 5.39. The number of benzene rings is 2. The van der Waals surface area contributed by atoms with Gasteiger partial charge in [-0.25, -0.2) is 0 Å². The molecule has 2 amide bonds. The number of hydrogen-bond acceptors (Lipinski definition) is 6. The first-order chi connectivity index (χ1) is 19.4. The van der Waals surface area contributed by atoms with E-state index in [1.165, 1.54) is 0 Å². The zero-order valence-electron chi connectivity index (χ0n) is 21.7. The van der Waals surface area contributed by atoms with Crippen LogP contribution in [0.5, 0.6) is 0 Å². The summed E-state index contributed by atoms with van der Waals surface area (Å²) in [5, 5.41) is 24.0. The molecule has 0 spiro atoms. The van der Waals surface area contributed by atoms with Gasteiger partial charge in [0.25, 0.3) is 0 Å². The number of hydrogen-bond donors (Lipinski definition) is 2. The molecule has 1 aliphatic carbocycles. The van der Waals surface area contributed by atoms with Crippen molar-refractivity contribution in [2.45, 2.75) is 50.4 Å². The zero-order valence-corrected chi connectivity index (χ0v) is 23.2. The molecule has 0 aliphatic heterocycles. The predicted molar refractivity (Wildman–Crippen MR) is 156 cm³/mol. The van der Waals surface area contributed by atoms with Crippen LogP contribution in [-0.4, -0.2) is 32.2 Å². The third kappa shape index (κ3) is 7.20. The van der Waals surface area contributed by atoms with Crippen molar-refractivity contribution in [1.82, 2.24) is 20.4 Å². The van der Waals surface area contributed by atoms with Crippen molar-refractivity contribution in [1.29, 1.82) is 0 Å². The first-order valence-electron chi connectivity index (χ1n) is 13.2. The van der Waals surface area contributed by atoms with Crippen LogP contribution in [0.25, 0.3) is 0 Å². The molecule has 2 aromatic heterocycles. The second kappa shape index (κ2) is 13.0. The third-order valence-electron chi connectivity index (χ3n) is 7.03. The van der Waals surface area contributed by atoms with Crippen LogP contribution in [0.15, 0.2) is 72.8 Å². The van der Waals surface area contributed by atoms with Gasteiger partial charge >= 0.3 is 0 Å². The first-order valence-corrected chi connectivity index (χ1v) is 13.9. The smallest absolute Gasteiger partial charge is 0.230 e. The molecule has 204 valence electrons. The van der Waals surface area contributed by atoms with E-state index in [0.29, 0.717) is 21.7 Å². The fraction of sp³-hybridized carbons (Fsp3) is 0.267. The molecule has 1 saturated carbocycles. The normalized spacial score (nSPS) is 16.8. The molecule has 2 atom stereocenters. The van der Waals surface area contributed by atoms with Gasteiger partial charge in [0.1, 0.15) is 0 Å². The average Bonchev–Trinajstić information content (AvgIpc) is 2.96. The van der Waals surface area contributed by atoms with Crippen LogP contribution in [0, 0.1) is 0 Å². The molecule has 10 heteroatoms. The highest BCUT2D eigenvalue weighted by Gasteiger charge is 2.27. The van der Waals surface area contributed by atoms with Crippen molar-refractivity contribution in [3.63, 3.8) is 0 Å². The Morgan fingerprint density at radius 2 is 1.10 bits per heavy atom. The summed E-state index contributed by atoms with van der Waals surface area (Å²) in [5.41, 5.74) is 3.31. The highest BCUT2D eigenvalue weighted by molar-refractivity contribution is 6.31. The van der Waals surface area contributed by atoms with Gasteiger partial charge in [-0.3, -0.25) is 9.59 Å². The number of carbonyl (C=O) groups excluding carboxylic acids is 2. The lowest BCUT2D eigenvalue weighted by Gasteiger charge is -2.28. The van der Waals surface area contributed by atoms with E-state index in [0.717, 1.165) is 48.2 Å². The number of amides is 2. The Morgan fingerprint density at radius 1 is 0.650 bits per heavy atom. The summed E-state index contributed by atoms with van der Waals surface area (Å²) < 4.78 is 0. The second-order valence-electron chi connectivity index (χ2n) is 9.88. The average molecular weight is 576 g/mol. The summed E-state index contributed by atoms with van der Waals surface area (Å²) in [5.74, 6) is 0.883. The monoisotopic (exact) mass is 574 g/mol. The van der Waals surface area contributed by atoms with Gasteiger partial charge in [-0.05, 0) is 66.8 Å². The predicted octanol–water partition coefficient (Wildman–Crippen LogP) is 6.38. The van der Waals surface area contributed by atoms with Gasteiger partial charge in [-0.2, -0.15) is 10.2 Å². The summed E-state index contributed by atoms with van der Waals surface area (Å²) in [7, 11) is 0. The Morgan fingerprint density at radius 3 is 1.50 bits per heavy atom. The van der Waals surface area contributed by atoms with Crippen LogP contribution >= 0.6 is 23.2 Å². The highest BCUT2D eigenvalue weighted by Crippen LogP contribution is 2.40. The molecule has 2 heterocycles. The van der Waals surface area contributed by atoms with E-state index >= 15 is 0 Å². The van der Waals surface area contributed by atoms with Crippen molar-refractivity contribution in [3.05, 3.63) is 105 Å². The van der Waals surface area contributed by atoms with Gasteiger partial charge in [0.05, 0.1) is 24.2 Å². The van der Waals surface area contributed by atoms with E-state index in [4.69, 9.17) is 23.2 Å². The van der Waals surface area contributed by atoms with Crippen LogP contribution in [0.3, 0.4) is 0 Å². The van der Waals surface area contributed by atoms with Gasteiger partial charge in [0.15, 0.2) is 11.6 Å². The number of aromatic nitrogens is 4. The quantitative estimate of drug-likeness (QED) is 0.253.